The molecule has 0 amide bonds. The predicted molar refractivity (Wildman–Crippen MR) is 58.9 cm³/mol. The van der Waals surface area contributed by atoms with Crippen molar-refractivity contribution in [2.75, 3.05) is 12.3 Å². The number of nitrogens with zero attached hydrogens (tertiary/aromatic N) is 3. The molecule has 2 N–H and O–H groups in total. The van der Waals surface area contributed by atoms with Gasteiger partial charge in [0.05, 0.1) is 0 Å². The van der Waals surface area contributed by atoms with Crippen LogP contribution in [0.2, 0.25) is 0 Å². The SMILES string of the molecule is Nc1cc(-c2nc3c(o2)=CCCN=3)ccn1. The molecule has 1 aliphatic heterocycles. The van der Waals surface area contributed by atoms with E-state index in [0.717, 1.165) is 23.9 Å². The first-order chi connectivity index (χ1) is 7.83. The van der Waals surface area contributed by atoms with Gasteiger partial charge >= 0.3 is 0 Å². The van der Waals surface area contributed by atoms with Crippen LogP contribution in [0.4, 0.5) is 5.82 Å². The summed E-state index contributed by atoms with van der Waals surface area (Å²) in [5.41, 5.74) is 7.86. The lowest BCUT2D eigenvalue weighted by Gasteiger charge is -1.94. The number of pyridine rings is 1. The van der Waals surface area contributed by atoms with Crippen molar-refractivity contribution in [2.45, 2.75) is 6.42 Å². The fourth-order valence-electron chi connectivity index (χ4n) is 1.64. The van der Waals surface area contributed by atoms with Crippen LogP contribution in [-0.4, -0.2) is 16.5 Å². The summed E-state index contributed by atoms with van der Waals surface area (Å²) in [4.78, 5) is 12.5. The molecule has 0 saturated carbocycles. The minimum Gasteiger partial charge on any atom is -0.435 e. The van der Waals surface area contributed by atoms with Gasteiger partial charge in [-0.15, -0.1) is 0 Å². The van der Waals surface area contributed by atoms with Crippen LogP contribution in [0.15, 0.2) is 27.7 Å². The van der Waals surface area contributed by atoms with Crippen molar-refractivity contribution in [3.8, 4) is 11.5 Å². The van der Waals surface area contributed by atoms with E-state index in [1.54, 1.807) is 12.3 Å². The highest BCUT2D eigenvalue weighted by Crippen LogP contribution is 2.15. The zero-order valence-electron chi connectivity index (χ0n) is 8.55. The molecule has 0 radical (unpaired) electrons. The Morgan fingerprint density at radius 3 is 3.12 bits per heavy atom. The van der Waals surface area contributed by atoms with Crippen LogP contribution in [0.5, 0.6) is 0 Å². The number of hydrogen-bond acceptors (Lipinski definition) is 5. The van der Waals surface area contributed by atoms with Gasteiger partial charge in [0.1, 0.15) is 5.82 Å². The van der Waals surface area contributed by atoms with E-state index in [1.807, 2.05) is 12.1 Å². The third-order valence-electron chi connectivity index (χ3n) is 2.38. The first-order valence-electron chi connectivity index (χ1n) is 5.06. The topological polar surface area (TPSA) is 77.3 Å². The molecule has 0 spiro atoms. The monoisotopic (exact) mass is 214 g/mol. The molecular weight excluding hydrogens is 204 g/mol. The zero-order chi connectivity index (χ0) is 11.0. The molecule has 0 fully saturated rings. The van der Waals surface area contributed by atoms with E-state index in [2.05, 4.69) is 15.0 Å². The molecule has 16 heavy (non-hydrogen) atoms. The van der Waals surface area contributed by atoms with Gasteiger partial charge < -0.3 is 10.2 Å². The summed E-state index contributed by atoms with van der Waals surface area (Å²) in [6, 6.07) is 3.55. The van der Waals surface area contributed by atoms with E-state index in [9.17, 15) is 0 Å². The number of aromatic nitrogens is 2. The summed E-state index contributed by atoms with van der Waals surface area (Å²) in [5, 5.41) is 0. The van der Waals surface area contributed by atoms with E-state index in [4.69, 9.17) is 10.2 Å². The van der Waals surface area contributed by atoms with E-state index in [-0.39, 0.29) is 0 Å². The molecule has 5 heteroatoms. The van der Waals surface area contributed by atoms with Gasteiger partial charge in [-0.2, -0.15) is 4.98 Å². The second kappa shape index (κ2) is 3.44. The molecule has 0 bridgehead atoms. The number of fused-ring (bicyclic) bond motifs is 1. The molecule has 3 rings (SSSR count). The molecular formula is C11H10N4O. The minimum absolute atomic E-state index is 0.453. The number of hydrogen-bond donors (Lipinski definition) is 1. The summed E-state index contributed by atoms with van der Waals surface area (Å²) >= 11 is 0. The Balaban J connectivity index is 2.18. The largest absolute Gasteiger partial charge is 0.435 e. The molecule has 0 unspecified atom stereocenters. The molecule has 0 atom stereocenters. The van der Waals surface area contributed by atoms with Crippen LogP contribution in [-0.2, 0) is 0 Å². The molecule has 0 aromatic carbocycles. The van der Waals surface area contributed by atoms with Gasteiger partial charge in [0.2, 0.25) is 5.89 Å². The summed E-state index contributed by atoms with van der Waals surface area (Å²) in [5.74, 6) is 0.996. The lowest BCUT2D eigenvalue weighted by molar-refractivity contribution is 0.534. The molecule has 0 aliphatic carbocycles. The minimum atomic E-state index is 0.453. The maximum absolute atomic E-state index is 5.61. The molecule has 3 heterocycles. The lowest BCUT2D eigenvalue weighted by Crippen LogP contribution is -2.25. The lowest BCUT2D eigenvalue weighted by atomic mass is 10.2. The van der Waals surface area contributed by atoms with Crippen LogP contribution >= 0.6 is 0 Å². The second-order valence-electron chi connectivity index (χ2n) is 3.55. The summed E-state index contributed by atoms with van der Waals surface area (Å²) in [7, 11) is 0. The predicted octanol–water partition coefficient (Wildman–Crippen LogP) is 0.123. The van der Waals surface area contributed by atoms with Gasteiger partial charge in [0.25, 0.3) is 0 Å². The Hall–Kier alpha value is -2.17. The van der Waals surface area contributed by atoms with E-state index >= 15 is 0 Å². The van der Waals surface area contributed by atoms with Gasteiger partial charge in [0.15, 0.2) is 10.9 Å². The van der Waals surface area contributed by atoms with Crippen molar-refractivity contribution < 1.29 is 4.42 Å². The molecule has 2 aromatic rings. The number of nitrogens with two attached hydrogens (primary N) is 1. The summed E-state index contributed by atoms with van der Waals surface area (Å²) in [6.07, 6.45) is 4.54. The fraction of sp³-hybridized carbons (Fsp3) is 0.182. The van der Waals surface area contributed by atoms with Gasteiger partial charge in [-0.05, 0) is 24.6 Å². The smallest absolute Gasteiger partial charge is 0.229 e. The first-order valence-corrected chi connectivity index (χ1v) is 5.06. The standard InChI is InChI=1S/C11H10N4O/c12-9-6-7(3-5-13-9)11-15-10-8(16-11)2-1-4-14-10/h2-3,5-6H,1,4H2,(H2,12,13). The summed E-state index contributed by atoms with van der Waals surface area (Å²) in [6.45, 7) is 0.775. The van der Waals surface area contributed by atoms with Crippen LogP contribution in [0.1, 0.15) is 6.42 Å². The highest BCUT2D eigenvalue weighted by atomic mass is 16.3. The van der Waals surface area contributed by atoms with Gasteiger partial charge in [-0.3, -0.25) is 4.99 Å². The Morgan fingerprint density at radius 1 is 1.38 bits per heavy atom. The molecule has 2 aromatic heterocycles. The molecule has 5 nitrogen and oxygen atoms in total. The van der Waals surface area contributed by atoms with Crippen molar-refractivity contribution in [1.29, 1.82) is 0 Å². The third kappa shape index (κ3) is 1.46. The summed E-state index contributed by atoms with van der Waals surface area (Å²) < 4.78 is 5.60. The van der Waals surface area contributed by atoms with Crippen LogP contribution in [0, 0.1) is 0 Å². The number of nitrogen functional groups attached to an aromatic ring is 1. The average molecular weight is 214 g/mol. The van der Waals surface area contributed by atoms with Crippen LogP contribution < -0.4 is 16.6 Å². The van der Waals surface area contributed by atoms with Crippen molar-refractivity contribution in [1.82, 2.24) is 9.97 Å². The normalized spacial score (nSPS) is 13.8. The second-order valence-corrected chi connectivity index (χ2v) is 3.55. The average Bonchev–Trinajstić information content (AvgIpc) is 2.72. The fourth-order valence-corrected chi connectivity index (χ4v) is 1.64. The maximum atomic E-state index is 5.61. The van der Waals surface area contributed by atoms with Crippen LogP contribution in [0.25, 0.3) is 17.5 Å². The van der Waals surface area contributed by atoms with Crippen LogP contribution in [0.3, 0.4) is 0 Å². The number of oxazole rings is 1. The van der Waals surface area contributed by atoms with Gasteiger partial charge in [-0.25, -0.2) is 4.98 Å². The quantitative estimate of drug-likeness (QED) is 0.731. The molecule has 0 saturated heterocycles. The van der Waals surface area contributed by atoms with Gasteiger partial charge in [0, 0.05) is 18.3 Å². The molecule has 80 valence electrons. The first kappa shape index (κ1) is 9.08. The van der Waals surface area contributed by atoms with Crippen molar-refractivity contribution in [3.63, 3.8) is 0 Å². The maximum Gasteiger partial charge on any atom is 0.229 e. The molecule has 1 aliphatic rings. The van der Waals surface area contributed by atoms with E-state index < -0.39 is 0 Å². The Morgan fingerprint density at radius 2 is 2.31 bits per heavy atom. The van der Waals surface area contributed by atoms with E-state index in [0.29, 0.717) is 17.2 Å². The van der Waals surface area contributed by atoms with Crippen molar-refractivity contribution in [3.05, 3.63) is 29.2 Å². The Kier molecular flexibility index (Phi) is 1.96. The van der Waals surface area contributed by atoms with Crippen molar-refractivity contribution >= 4 is 11.9 Å². The van der Waals surface area contributed by atoms with E-state index in [1.165, 1.54) is 0 Å². The third-order valence-corrected chi connectivity index (χ3v) is 2.38. The Bertz CT molecular complexity index is 611. The number of rotatable bonds is 1. The van der Waals surface area contributed by atoms with Gasteiger partial charge in [-0.1, -0.05) is 0 Å². The number of anilines is 1. The van der Waals surface area contributed by atoms with Crippen molar-refractivity contribution in [2.24, 2.45) is 4.99 Å². The zero-order valence-corrected chi connectivity index (χ0v) is 8.55. The highest BCUT2D eigenvalue weighted by molar-refractivity contribution is 5.56. The Labute approximate surface area is 91.4 Å². The highest BCUT2D eigenvalue weighted by Gasteiger charge is 2.08.